The molecular weight excluding hydrogens is 324 g/mol. The Hall–Kier alpha value is -2.59. The summed E-state index contributed by atoms with van der Waals surface area (Å²) in [4.78, 5) is 19.0. The van der Waals surface area contributed by atoms with Crippen LogP contribution in [0, 0.1) is 0 Å². The van der Waals surface area contributed by atoms with Crippen molar-refractivity contribution in [1.82, 2.24) is 4.98 Å². The van der Waals surface area contributed by atoms with Crippen LogP contribution < -0.4 is 10.3 Å². The lowest BCUT2D eigenvalue weighted by Crippen LogP contribution is -2.19. The molecule has 0 amide bonds. The molecular formula is C19H15ClN2O2. The van der Waals surface area contributed by atoms with Crippen LogP contribution in [0.4, 0.5) is 5.69 Å². The Bertz CT molecular complexity index is 1070. The van der Waals surface area contributed by atoms with Gasteiger partial charge in [-0.15, -0.1) is 11.6 Å². The molecule has 5 heteroatoms. The van der Waals surface area contributed by atoms with E-state index in [1.807, 2.05) is 54.4 Å². The molecule has 2 aromatic carbocycles. The van der Waals surface area contributed by atoms with Crippen molar-refractivity contribution in [3.63, 3.8) is 0 Å². The summed E-state index contributed by atoms with van der Waals surface area (Å²) in [6, 6.07) is 14.8. The second-order valence-electron chi connectivity index (χ2n) is 5.74. The fourth-order valence-corrected chi connectivity index (χ4v) is 3.16. The van der Waals surface area contributed by atoms with Gasteiger partial charge >= 0.3 is 0 Å². The van der Waals surface area contributed by atoms with E-state index in [1.165, 1.54) is 6.07 Å². The van der Waals surface area contributed by atoms with Crippen molar-refractivity contribution >= 4 is 39.2 Å². The highest BCUT2D eigenvalue weighted by atomic mass is 35.5. The van der Waals surface area contributed by atoms with E-state index in [0.29, 0.717) is 28.3 Å². The molecule has 0 saturated heterocycles. The average Bonchev–Trinajstić information content (AvgIpc) is 2.60. The molecule has 24 heavy (non-hydrogen) atoms. The lowest BCUT2D eigenvalue weighted by Gasteiger charge is -2.18. The van der Waals surface area contributed by atoms with Gasteiger partial charge in [-0.3, -0.25) is 4.79 Å². The molecule has 0 unspecified atom stereocenters. The highest BCUT2D eigenvalue weighted by Crippen LogP contribution is 2.31. The van der Waals surface area contributed by atoms with Crippen LogP contribution in [-0.2, 0) is 0 Å². The summed E-state index contributed by atoms with van der Waals surface area (Å²) in [7, 11) is 1.97. The second-order valence-corrected chi connectivity index (χ2v) is 6.12. The summed E-state index contributed by atoms with van der Waals surface area (Å²) >= 11 is 5.80. The topological polar surface area (TPSA) is 46.3 Å². The molecule has 120 valence electrons. The van der Waals surface area contributed by atoms with E-state index in [1.54, 1.807) is 0 Å². The fraction of sp³-hybridized carbons (Fsp3) is 0.158. The van der Waals surface area contributed by atoms with Crippen molar-refractivity contribution in [2.24, 2.45) is 0 Å². The zero-order chi connectivity index (χ0) is 16.7. The third-order valence-corrected chi connectivity index (χ3v) is 4.37. The molecule has 2 aliphatic rings. The maximum Gasteiger partial charge on any atom is 0.190 e. The molecule has 0 radical (unpaired) electrons. The molecule has 1 aliphatic carbocycles. The number of aromatic nitrogens is 1. The zero-order valence-electron chi connectivity index (χ0n) is 13.1. The Labute approximate surface area is 143 Å². The van der Waals surface area contributed by atoms with Crippen molar-refractivity contribution in [1.29, 1.82) is 0 Å². The molecule has 2 aromatic rings. The molecule has 0 spiro atoms. The molecule has 4 rings (SSSR count). The number of alkyl halides is 1. The Balaban J connectivity index is 1.99. The van der Waals surface area contributed by atoms with Crippen molar-refractivity contribution in [3.8, 4) is 11.5 Å². The Kier molecular flexibility index (Phi) is 3.62. The van der Waals surface area contributed by atoms with Gasteiger partial charge in [0.1, 0.15) is 11.2 Å². The van der Waals surface area contributed by atoms with Gasteiger partial charge in [0, 0.05) is 48.1 Å². The van der Waals surface area contributed by atoms with Crippen LogP contribution in [0.3, 0.4) is 0 Å². The van der Waals surface area contributed by atoms with Crippen LogP contribution in [0.25, 0.3) is 33.3 Å². The van der Waals surface area contributed by atoms with E-state index in [4.69, 9.17) is 21.0 Å². The molecule has 0 bridgehead atoms. The van der Waals surface area contributed by atoms with E-state index < -0.39 is 0 Å². The van der Waals surface area contributed by atoms with Gasteiger partial charge in [0.15, 0.2) is 16.8 Å². The van der Waals surface area contributed by atoms with E-state index in [-0.39, 0.29) is 5.43 Å². The van der Waals surface area contributed by atoms with E-state index in [9.17, 15) is 4.79 Å². The Morgan fingerprint density at radius 2 is 1.92 bits per heavy atom. The number of hydrogen-bond acceptors (Lipinski definition) is 4. The summed E-state index contributed by atoms with van der Waals surface area (Å²) in [5, 5.41) is 1.47. The normalized spacial score (nSPS) is 11.4. The highest BCUT2D eigenvalue weighted by molar-refractivity contribution is 6.18. The smallest absolute Gasteiger partial charge is 0.190 e. The second kappa shape index (κ2) is 5.80. The summed E-state index contributed by atoms with van der Waals surface area (Å²) in [5.41, 5.74) is 3.06. The first-order valence-corrected chi connectivity index (χ1v) is 8.24. The van der Waals surface area contributed by atoms with Crippen molar-refractivity contribution < 1.29 is 4.42 Å². The third kappa shape index (κ3) is 2.39. The molecule has 0 saturated carbocycles. The molecule has 0 aromatic heterocycles. The van der Waals surface area contributed by atoms with Crippen molar-refractivity contribution in [2.45, 2.75) is 0 Å². The van der Waals surface area contributed by atoms with Crippen LogP contribution in [-0.4, -0.2) is 24.5 Å². The predicted molar refractivity (Wildman–Crippen MR) is 98.4 cm³/mol. The molecule has 0 N–H and O–H groups in total. The lowest BCUT2D eigenvalue weighted by molar-refractivity contribution is 0.614. The molecule has 0 fully saturated rings. The number of anilines is 1. The quantitative estimate of drug-likeness (QED) is 0.320. The number of rotatable bonds is 3. The standard InChI is InChI=1S/C19H15ClN2O2/c1-22(9-8-20)12-6-7-15-17(10-12)24-18-11-16(23)13-4-2-3-5-14(13)19(18)21-15/h2-7,10-11H,8-9H2,1H3. The van der Waals surface area contributed by atoms with Crippen LogP contribution in [0.1, 0.15) is 0 Å². The van der Waals surface area contributed by atoms with Gasteiger partial charge in [0.25, 0.3) is 0 Å². The summed E-state index contributed by atoms with van der Waals surface area (Å²) in [6.07, 6.45) is 0. The van der Waals surface area contributed by atoms with Gasteiger partial charge in [0.2, 0.25) is 0 Å². The summed E-state index contributed by atoms with van der Waals surface area (Å²) in [6.45, 7) is 0.740. The number of nitrogens with zero attached hydrogens (tertiary/aromatic N) is 2. The van der Waals surface area contributed by atoms with Gasteiger partial charge in [-0.1, -0.05) is 24.3 Å². The maximum absolute atomic E-state index is 12.3. The zero-order valence-corrected chi connectivity index (χ0v) is 13.9. The number of benzene rings is 3. The molecule has 0 atom stereocenters. The highest BCUT2D eigenvalue weighted by Gasteiger charge is 2.15. The van der Waals surface area contributed by atoms with Gasteiger partial charge in [-0.25, -0.2) is 4.98 Å². The van der Waals surface area contributed by atoms with E-state index >= 15 is 0 Å². The lowest BCUT2D eigenvalue weighted by atomic mass is 10.0. The van der Waals surface area contributed by atoms with Crippen molar-refractivity contribution in [2.75, 3.05) is 24.4 Å². The maximum atomic E-state index is 12.3. The van der Waals surface area contributed by atoms with Gasteiger partial charge in [-0.2, -0.15) is 0 Å². The monoisotopic (exact) mass is 338 g/mol. The van der Waals surface area contributed by atoms with Crippen LogP contribution in [0.5, 0.6) is 0 Å². The summed E-state index contributed by atoms with van der Waals surface area (Å²) in [5.74, 6) is 1.05. The molecule has 1 heterocycles. The Morgan fingerprint density at radius 3 is 2.71 bits per heavy atom. The van der Waals surface area contributed by atoms with Crippen LogP contribution in [0.15, 0.2) is 57.7 Å². The Morgan fingerprint density at radius 1 is 1.12 bits per heavy atom. The number of fused-ring (bicyclic) bond motifs is 4. The SMILES string of the molecule is CN(CCCl)c1ccc2nc3c4ccccc4c(=O)cc-3oc2c1. The number of hydrogen-bond donors (Lipinski definition) is 0. The minimum Gasteiger partial charge on any atom is -0.453 e. The number of halogens is 1. The first kappa shape index (κ1) is 15.0. The fourth-order valence-electron chi connectivity index (χ4n) is 2.90. The minimum absolute atomic E-state index is 0.0570. The van der Waals surface area contributed by atoms with Crippen molar-refractivity contribution in [3.05, 3.63) is 58.8 Å². The first-order valence-electron chi connectivity index (χ1n) is 7.71. The van der Waals surface area contributed by atoms with Gasteiger partial charge in [0.05, 0.1) is 0 Å². The third-order valence-electron chi connectivity index (χ3n) is 4.20. The van der Waals surface area contributed by atoms with Gasteiger partial charge < -0.3 is 9.32 Å². The minimum atomic E-state index is -0.0570. The van der Waals surface area contributed by atoms with Crippen LogP contribution in [0.2, 0.25) is 0 Å². The average molecular weight is 339 g/mol. The van der Waals surface area contributed by atoms with E-state index in [0.717, 1.165) is 23.1 Å². The largest absolute Gasteiger partial charge is 0.453 e. The molecule has 1 aliphatic heterocycles. The summed E-state index contributed by atoms with van der Waals surface area (Å²) < 4.78 is 5.98. The molecule has 4 nitrogen and oxygen atoms in total. The van der Waals surface area contributed by atoms with E-state index in [2.05, 4.69) is 0 Å². The van der Waals surface area contributed by atoms with Gasteiger partial charge in [-0.05, 0) is 12.1 Å². The predicted octanol–water partition coefficient (Wildman–Crippen LogP) is 4.12. The van der Waals surface area contributed by atoms with Crippen LogP contribution >= 0.6 is 11.6 Å². The first-order chi connectivity index (χ1) is 11.7.